The Labute approximate surface area is 173 Å². The van der Waals surface area contributed by atoms with Crippen LogP contribution in [0.5, 0.6) is 17.4 Å². The van der Waals surface area contributed by atoms with E-state index < -0.39 is 5.69 Å². The number of likely N-dealkylation sites (tertiary alicyclic amines) is 1. The fourth-order valence-corrected chi connectivity index (χ4v) is 3.96. The van der Waals surface area contributed by atoms with Crippen LogP contribution in [-0.4, -0.2) is 46.1 Å². The Morgan fingerprint density at radius 2 is 1.83 bits per heavy atom. The van der Waals surface area contributed by atoms with Crippen LogP contribution in [0.2, 0.25) is 0 Å². The Morgan fingerprint density at radius 3 is 2.73 bits per heavy atom. The second-order valence-electron chi connectivity index (χ2n) is 7.63. The first-order valence-electron chi connectivity index (χ1n) is 10.4. The predicted molar refractivity (Wildman–Crippen MR) is 117 cm³/mol. The number of ether oxygens (including phenoxy) is 2. The van der Waals surface area contributed by atoms with Gasteiger partial charge in [-0.05, 0) is 68.1 Å². The van der Waals surface area contributed by atoms with Gasteiger partial charge in [0.1, 0.15) is 11.5 Å². The largest absolute Gasteiger partial charge is 0.493 e. The van der Waals surface area contributed by atoms with Gasteiger partial charge >= 0.3 is 5.69 Å². The van der Waals surface area contributed by atoms with E-state index in [1.54, 1.807) is 0 Å². The Hall–Kier alpha value is -3.32. The highest BCUT2D eigenvalue weighted by molar-refractivity contribution is 5.85. The maximum atomic E-state index is 12.1. The van der Waals surface area contributed by atoms with Crippen LogP contribution in [0.1, 0.15) is 19.3 Å². The minimum Gasteiger partial charge on any atom is -0.493 e. The van der Waals surface area contributed by atoms with E-state index in [-0.39, 0.29) is 5.88 Å². The van der Waals surface area contributed by atoms with Crippen molar-refractivity contribution in [1.82, 2.24) is 19.9 Å². The Bertz CT molecular complexity index is 1220. The van der Waals surface area contributed by atoms with E-state index in [0.717, 1.165) is 35.0 Å². The van der Waals surface area contributed by atoms with Crippen molar-refractivity contribution in [2.75, 3.05) is 26.2 Å². The molecule has 3 heterocycles. The normalized spacial score (nSPS) is 14.5. The van der Waals surface area contributed by atoms with Gasteiger partial charge in [-0.2, -0.15) is 4.98 Å². The minimum absolute atomic E-state index is 0.278. The highest BCUT2D eigenvalue weighted by atomic mass is 16.5. The first-order valence-corrected chi connectivity index (χ1v) is 10.4. The molecule has 2 N–H and O–H groups in total. The summed E-state index contributed by atoms with van der Waals surface area (Å²) in [4.78, 5) is 24.5. The van der Waals surface area contributed by atoms with Gasteiger partial charge in [0.25, 0.3) is 0 Å². The van der Waals surface area contributed by atoms with Crippen molar-refractivity contribution < 1.29 is 9.47 Å². The molecular formula is C23H24N4O3. The molecule has 1 fully saturated rings. The summed E-state index contributed by atoms with van der Waals surface area (Å²) in [6.45, 7) is 4.11. The average molecular weight is 404 g/mol. The quantitative estimate of drug-likeness (QED) is 0.454. The van der Waals surface area contributed by atoms with Gasteiger partial charge in [-0.1, -0.05) is 0 Å². The van der Waals surface area contributed by atoms with Gasteiger partial charge in [0, 0.05) is 30.4 Å². The summed E-state index contributed by atoms with van der Waals surface area (Å²) in [6.07, 6.45) is 5.47. The number of aromatic nitrogens is 3. The van der Waals surface area contributed by atoms with Gasteiger partial charge in [0.2, 0.25) is 5.88 Å². The number of nitrogens with zero attached hydrogens (tertiary/aromatic N) is 2. The number of nitrogens with one attached hydrogen (secondary N) is 2. The molecule has 0 unspecified atom stereocenters. The fourth-order valence-electron chi connectivity index (χ4n) is 3.96. The summed E-state index contributed by atoms with van der Waals surface area (Å²) in [5.74, 6) is 1.62. The van der Waals surface area contributed by atoms with Crippen LogP contribution in [0.15, 0.2) is 53.5 Å². The van der Waals surface area contributed by atoms with Crippen molar-refractivity contribution >= 4 is 21.8 Å². The molecule has 4 aromatic rings. The van der Waals surface area contributed by atoms with Gasteiger partial charge in [-0.15, -0.1) is 0 Å². The maximum absolute atomic E-state index is 12.1. The molecule has 1 aliphatic rings. The van der Waals surface area contributed by atoms with Crippen molar-refractivity contribution in [3.8, 4) is 17.4 Å². The SMILES string of the molecule is O=c1nc(Oc2ccc3cc[nH]c3c2)c2ccc(OCCCN3CCCC3)cc2[nH]1. The second kappa shape index (κ2) is 8.20. The first kappa shape index (κ1) is 18.7. The molecule has 0 saturated carbocycles. The summed E-state index contributed by atoms with van der Waals surface area (Å²) in [6, 6.07) is 13.3. The van der Waals surface area contributed by atoms with Gasteiger partial charge < -0.3 is 24.3 Å². The summed E-state index contributed by atoms with van der Waals surface area (Å²) in [5.41, 5.74) is 1.15. The van der Waals surface area contributed by atoms with Crippen molar-refractivity contribution in [1.29, 1.82) is 0 Å². The van der Waals surface area contributed by atoms with Crippen LogP contribution in [0.3, 0.4) is 0 Å². The topological polar surface area (TPSA) is 83.2 Å². The monoisotopic (exact) mass is 404 g/mol. The number of rotatable bonds is 7. The summed E-state index contributed by atoms with van der Waals surface area (Å²) in [5, 5.41) is 1.82. The van der Waals surface area contributed by atoms with Crippen molar-refractivity contribution in [2.24, 2.45) is 0 Å². The Balaban J connectivity index is 1.32. The Morgan fingerprint density at radius 1 is 1.00 bits per heavy atom. The lowest BCUT2D eigenvalue weighted by atomic mass is 10.2. The van der Waals surface area contributed by atoms with Crippen LogP contribution in [-0.2, 0) is 0 Å². The summed E-state index contributed by atoms with van der Waals surface area (Å²) >= 11 is 0. The molecule has 2 aromatic carbocycles. The van der Waals surface area contributed by atoms with Gasteiger partial charge in [-0.25, -0.2) is 4.79 Å². The number of fused-ring (bicyclic) bond motifs is 2. The molecule has 0 spiro atoms. The van der Waals surface area contributed by atoms with E-state index in [2.05, 4.69) is 19.9 Å². The molecule has 1 saturated heterocycles. The molecule has 154 valence electrons. The molecule has 7 heteroatoms. The fraction of sp³-hybridized carbons (Fsp3) is 0.304. The smallest absolute Gasteiger partial charge is 0.348 e. The van der Waals surface area contributed by atoms with E-state index in [9.17, 15) is 4.79 Å². The van der Waals surface area contributed by atoms with Crippen molar-refractivity contribution in [3.05, 3.63) is 59.1 Å². The van der Waals surface area contributed by atoms with E-state index >= 15 is 0 Å². The number of benzene rings is 2. The summed E-state index contributed by atoms with van der Waals surface area (Å²) < 4.78 is 11.8. The molecule has 0 bridgehead atoms. The molecule has 0 atom stereocenters. The van der Waals surface area contributed by atoms with Crippen molar-refractivity contribution in [2.45, 2.75) is 19.3 Å². The summed E-state index contributed by atoms with van der Waals surface area (Å²) in [7, 11) is 0. The van der Waals surface area contributed by atoms with Crippen LogP contribution in [0, 0.1) is 0 Å². The van der Waals surface area contributed by atoms with Gasteiger partial charge in [0.05, 0.1) is 17.5 Å². The third-order valence-electron chi connectivity index (χ3n) is 5.49. The molecule has 2 aromatic heterocycles. The zero-order chi connectivity index (χ0) is 20.3. The van der Waals surface area contributed by atoms with E-state index in [0.29, 0.717) is 17.9 Å². The number of aromatic amines is 2. The average Bonchev–Trinajstić information content (AvgIpc) is 3.42. The zero-order valence-electron chi connectivity index (χ0n) is 16.7. The molecular weight excluding hydrogens is 380 g/mol. The van der Waals surface area contributed by atoms with Gasteiger partial charge in [-0.3, -0.25) is 0 Å². The highest BCUT2D eigenvalue weighted by Gasteiger charge is 2.12. The lowest BCUT2D eigenvalue weighted by Gasteiger charge is -2.14. The zero-order valence-corrected chi connectivity index (χ0v) is 16.7. The Kier molecular flexibility index (Phi) is 5.11. The maximum Gasteiger partial charge on any atom is 0.348 e. The lowest BCUT2D eigenvalue weighted by molar-refractivity contribution is 0.263. The molecule has 1 aliphatic heterocycles. The van der Waals surface area contributed by atoms with Crippen LogP contribution in [0.4, 0.5) is 0 Å². The van der Waals surface area contributed by atoms with Crippen LogP contribution < -0.4 is 15.2 Å². The van der Waals surface area contributed by atoms with E-state index in [4.69, 9.17) is 9.47 Å². The minimum atomic E-state index is -0.454. The standard InChI is InChI=1S/C23H24N4O3/c28-23-25-21-14-17(29-13-3-12-27-10-1-2-11-27)6-7-19(21)22(26-23)30-18-5-4-16-8-9-24-20(16)15-18/h4-9,14-15,24H,1-3,10-13H2,(H,25,26,28). The second-order valence-corrected chi connectivity index (χ2v) is 7.63. The molecule has 0 radical (unpaired) electrons. The number of hydrogen-bond acceptors (Lipinski definition) is 5. The predicted octanol–water partition coefficient (Wildman–Crippen LogP) is 4.06. The molecule has 30 heavy (non-hydrogen) atoms. The molecule has 0 amide bonds. The lowest BCUT2D eigenvalue weighted by Crippen LogP contribution is -2.21. The first-order chi connectivity index (χ1) is 14.7. The molecule has 5 rings (SSSR count). The van der Waals surface area contributed by atoms with Gasteiger partial charge in [0.15, 0.2) is 0 Å². The number of H-pyrrole nitrogens is 2. The third-order valence-corrected chi connectivity index (χ3v) is 5.49. The highest BCUT2D eigenvalue weighted by Crippen LogP contribution is 2.29. The van der Waals surface area contributed by atoms with E-state index in [1.165, 1.54) is 25.9 Å². The molecule has 7 nitrogen and oxygen atoms in total. The molecule has 0 aliphatic carbocycles. The third kappa shape index (κ3) is 4.02. The number of hydrogen-bond donors (Lipinski definition) is 2. The van der Waals surface area contributed by atoms with Crippen molar-refractivity contribution in [3.63, 3.8) is 0 Å². The van der Waals surface area contributed by atoms with Crippen LogP contribution >= 0.6 is 0 Å². The van der Waals surface area contributed by atoms with Crippen LogP contribution in [0.25, 0.3) is 21.8 Å². The van der Waals surface area contributed by atoms with E-state index in [1.807, 2.05) is 48.7 Å².